The third kappa shape index (κ3) is 4.00. The first-order valence-corrected chi connectivity index (χ1v) is 8.01. The van der Waals surface area contributed by atoms with Crippen molar-refractivity contribution in [3.63, 3.8) is 0 Å². The van der Waals surface area contributed by atoms with Gasteiger partial charge in [0.2, 0.25) is 5.82 Å². The molecule has 0 atom stereocenters. The average Bonchev–Trinajstić information content (AvgIpc) is 3.20. The van der Waals surface area contributed by atoms with Gasteiger partial charge in [-0.25, -0.2) is 4.79 Å². The van der Waals surface area contributed by atoms with Gasteiger partial charge in [0.1, 0.15) is 22.8 Å². The van der Waals surface area contributed by atoms with Crippen molar-refractivity contribution in [1.29, 1.82) is 0 Å². The lowest BCUT2D eigenvalue weighted by atomic mass is 10.2. The number of esters is 1. The molecule has 1 aromatic heterocycles. The van der Waals surface area contributed by atoms with Gasteiger partial charge in [0.05, 0.1) is 26.9 Å². The summed E-state index contributed by atoms with van der Waals surface area (Å²) in [6.07, 6.45) is 0. The summed E-state index contributed by atoms with van der Waals surface area (Å²) in [5.74, 6) is 1.41. The normalized spacial score (nSPS) is 10.3. The second-order valence-electron chi connectivity index (χ2n) is 5.35. The summed E-state index contributed by atoms with van der Waals surface area (Å²) in [6, 6.07) is 12.1. The van der Waals surface area contributed by atoms with E-state index >= 15 is 0 Å². The van der Waals surface area contributed by atoms with Crippen LogP contribution >= 0.6 is 0 Å². The molecule has 0 unspecified atom stereocenters. The second kappa shape index (κ2) is 8.22. The maximum Gasteiger partial charge on any atom is 0.342 e. The monoisotopic (exact) mass is 370 g/mol. The maximum absolute atomic E-state index is 12.4. The molecule has 0 amide bonds. The predicted octanol–water partition coefficient (Wildman–Crippen LogP) is 3.12. The van der Waals surface area contributed by atoms with Crippen LogP contribution in [-0.4, -0.2) is 37.4 Å². The topological polar surface area (TPSA) is 92.9 Å². The summed E-state index contributed by atoms with van der Waals surface area (Å²) in [5, 5.41) is 3.90. The van der Waals surface area contributed by atoms with Gasteiger partial charge in [-0.2, -0.15) is 4.98 Å². The Labute approximate surface area is 155 Å². The number of carbonyl (C=O) groups is 1. The lowest BCUT2D eigenvalue weighted by Gasteiger charge is -2.09. The predicted molar refractivity (Wildman–Crippen MR) is 95.0 cm³/mol. The number of rotatable bonds is 7. The number of aromatic nitrogens is 2. The van der Waals surface area contributed by atoms with Crippen molar-refractivity contribution in [3.05, 3.63) is 53.9 Å². The van der Waals surface area contributed by atoms with E-state index in [0.29, 0.717) is 28.6 Å². The van der Waals surface area contributed by atoms with E-state index < -0.39 is 5.97 Å². The zero-order chi connectivity index (χ0) is 19.2. The molecule has 0 spiro atoms. The second-order valence-corrected chi connectivity index (χ2v) is 5.35. The highest BCUT2D eigenvalue weighted by atomic mass is 16.6. The van der Waals surface area contributed by atoms with Gasteiger partial charge in [0.15, 0.2) is 6.61 Å². The Balaban J connectivity index is 1.73. The summed E-state index contributed by atoms with van der Waals surface area (Å²) in [5.41, 5.74) is 0.914. The zero-order valence-electron chi connectivity index (χ0n) is 15.1. The van der Waals surface area contributed by atoms with Gasteiger partial charge in [0.25, 0.3) is 5.89 Å². The van der Waals surface area contributed by atoms with E-state index in [9.17, 15) is 4.79 Å². The van der Waals surface area contributed by atoms with Crippen LogP contribution in [0.25, 0.3) is 11.4 Å². The van der Waals surface area contributed by atoms with E-state index in [1.54, 1.807) is 31.4 Å². The Morgan fingerprint density at radius 2 is 1.78 bits per heavy atom. The molecule has 0 aliphatic heterocycles. The molecule has 3 rings (SSSR count). The van der Waals surface area contributed by atoms with Crippen LogP contribution in [0, 0.1) is 0 Å². The SMILES string of the molecule is COc1ccc(OC)c(C(=O)OCc2nc(-c3ccccc3OC)no2)c1. The number of hydrogen-bond donors (Lipinski definition) is 0. The maximum atomic E-state index is 12.4. The summed E-state index contributed by atoms with van der Waals surface area (Å²) < 4.78 is 26.0. The van der Waals surface area contributed by atoms with Crippen molar-refractivity contribution < 1.29 is 28.3 Å². The highest BCUT2D eigenvalue weighted by molar-refractivity contribution is 5.93. The third-order valence-electron chi connectivity index (χ3n) is 3.77. The largest absolute Gasteiger partial charge is 0.497 e. The van der Waals surface area contributed by atoms with Crippen LogP contribution in [0.2, 0.25) is 0 Å². The first-order chi connectivity index (χ1) is 13.2. The molecule has 0 saturated carbocycles. The van der Waals surface area contributed by atoms with E-state index in [-0.39, 0.29) is 18.1 Å². The van der Waals surface area contributed by atoms with Crippen molar-refractivity contribution in [2.24, 2.45) is 0 Å². The van der Waals surface area contributed by atoms with E-state index in [0.717, 1.165) is 0 Å². The fraction of sp³-hybridized carbons (Fsp3) is 0.211. The van der Waals surface area contributed by atoms with Gasteiger partial charge in [-0.15, -0.1) is 0 Å². The fourth-order valence-electron chi connectivity index (χ4n) is 2.43. The lowest BCUT2D eigenvalue weighted by Crippen LogP contribution is -2.07. The Bertz CT molecular complexity index is 937. The first-order valence-electron chi connectivity index (χ1n) is 8.01. The molecular weight excluding hydrogens is 352 g/mol. The van der Waals surface area contributed by atoms with Gasteiger partial charge in [-0.1, -0.05) is 17.3 Å². The first kappa shape index (κ1) is 18.2. The molecule has 8 heteroatoms. The molecule has 0 fully saturated rings. The molecule has 2 aromatic carbocycles. The minimum Gasteiger partial charge on any atom is -0.497 e. The summed E-state index contributed by atoms with van der Waals surface area (Å²) in [4.78, 5) is 16.6. The Kier molecular flexibility index (Phi) is 5.55. The van der Waals surface area contributed by atoms with Crippen LogP contribution in [-0.2, 0) is 11.3 Å². The summed E-state index contributed by atoms with van der Waals surface area (Å²) in [6.45, 7) is -0.179. The van der Waals surface area contributed by atoms with Crippen molar-refractivity contribution >= 4 is 5.97 Å². The molecule has 27 heavy (non-hydrogen) atoms. The molecule has 3 aromatic rings. The molecular formula is C19H18N2O6. The quantitative estimate of drug-likeness (QED) is 0.586. The van der Waals surface area contributed by atoms with E-state index in [1.807, 2.05) is 12.1 Å². The Morgan fingerprint density at radius 1 is 1.00 bits per heavy atom. The third-order valence-corrected chi connectivity index (χ3v) is 3.77. The van der Waals surface area contributed by atoms with Gasteiger partial charge in [-0.3, -0.25) is 0 Å². The number of nitrogens with zero attached hydrogens (tertiary/aromatic N) is 2. The standard InChI is InChI=1S/C19H18N2O6/c1-23-12-8-9-16(25-3)14(10-12)19(22)26-11-17-20-18(21-27-17)13-6-4-5-7-15(13)24-2/h4-10H,11H2,1-3H3. The van der Waals surface area contributed by atoms with Gasteiger partial charge in [-0.05, 0) is 30.3 Å². The van der Waals surface area contributed by atoms with E-state index in [4.69, 9.17) is 23.5 Å². The van der Waals surface area contributed by atoms with Crippen molar-refractivity contribution in [3.8, 4) is 28.6 Å². The fourth-order valence-corrected chi connectivity index (χ4v) is 2.43. The zero-order valence-corrected chi connectivity index (χ0v) is 15.1. The molecule has 0 bridgehead atoms. The number of ether oxygens (including phenoxy) is 4. The van der Waals surface area contributed by atoms with Crippen LogP contribution in [0.15, 0.2) is 47.0 Å². The molecule has 0 saturated heterocycles. The molecule has 1 heterocycles. The molecule has 0 radical (unpaired) electrons. The molecule has 8 nitrogen and oxygen atoms in total. The number of para-hydroxylation sites is 1. The van der Waals surface area contributed by atoms with Crippen LogP contribution in [0.3, 0.4) is 0 Å². The smallest absolute Gasteiger partial charge is 0.342 e. The summed E-state index contributed by atoms with van der Waals surface area (Å²) >= 11 is 0. The number of benzene rings is 2. The average molecular weight is 370 g/mol. The minimum atomic E-state index is -0.595. The summed E-state index contributed by atoms with van der Waals surface area (Å²) in [7, 11) is 4.54. The van der Waals surface area contributed by atoms with Crippen molar-refractivity contribution in [2.45, 2.75) is 6.61 Å². The molecule has 140 valence electrons. The highest BCUT2D eigenvalue weighted by Gasteiger charge is 2.18. The number of carbonyl (C=O) groups excluding carboxylic acids is 1. The van der Waals surface area contributed by atoms with Crippen molar-refractivity contribution in [2.75, 3.05) is 21.3 Å². The van der Waals surface area contributed by atoms with Crippen LogP contribution in [0.4, 0.5) is 0 Å². The van der Waals surface area contributed by atoms with Crippen LogP contribution in [0.1, 0.15) is 16.2 Å². The van der Waals surface area contributed by atoms with E-state index in [1.165, 1.54) is 20.3 Å². The highest BCUT2D eigenvalue weighted by Crippen LogP contribution is 2.28. The van der Waals surface area contributed by atoms with Crippen molar-refractivity contribution in [1.82, 2.24) is 10.1 Å². The number of methoxy groups -OCH3 is 3. The molecule has 0 aliphatic rings. The van der Waals surface area contributed by atoms with Crippen LogP contribution in [0.5, 0.6) is 17.2 Å². The van der Waals surface area contributed by atoms with Gasteiger partial charge < -0.3 is 23.5 Å². The minimum absolute atomic E-state index is 0.158. The van der Waals surface area contributed by atoms with Gasteiger partial charge in [0, 0.05) is 0 Å². The Morgan fingerprint density at radius 3 is 2.52 bits per heavy atom. The van der Waals surface area contributed by atoms with E-state index in [2.05, 4.69) is 10.1 Å². The number of hydrogen-bond acceptors (Lipinski definition) is 8. The van der Waals surface area contributed by atoms with Crippen LogP contribution < -0.4 is 14.2 Å². The Hall–Kier alpha value is -3.55. The molecule has 0 aliphatic carbocycles. The molecule has 0 N–H and O–H groups in total. The van der Waals surface area contributed by atoms with Gasteiger partial charge >= 0.3 is 5.97 Å². The lowest BCUT2D eigenvalue weighted by molar-refractivity contribution is 0.0426.